The second-order valence-electron chi connectivity index (χ2n) is 8.86. The van der Waals surface area contributed by atoms with Crippen molar-refractivity contribution < 1.29 is 9.50 Å². The van der Waals surface area contributed by atoms with Gasteiger partial charge < -0.3 is 15.7 Å². The van der Waals surface area contributed by atoms with Crippen molar-refractivity contribution in [2.24, 2.45) is 0 Å². The topological polar surface area (TPSA) is 92.3 Å². The molecule has 0 saturated carbocycles. The molecule has 0 bridgehead atoms. The minimum atomic E-state index is -0.934. The molecule has 0 spiro atoms. The molecule has 32 heavy (non-hydrogen) atoms. The summed E-state index contributed by atoms with van der Waals surface area (Å²) in [5.41, 5.74) is 3.48. The minimum Gasteiger partial charge on any atom is -0.389 e. The van der Waals surface area contributed by atoms with E-state index < -0.39 is 11.8 Å². The number of anilines is 1. The molecule has 0 aliphatic carbocycles. The number of aliphatic hydroxyl groups is 1. The van der Waals surface area contributed by atoms with E-state index in [4.69, 9.17) is 4.98 Å². The van der Waals surface area contributed by atoms with Crippen molar-refractivity contribution in [3.05, 3.63) is 55.1 Å². The third-order valence-corrected chi connectivity index (χ3v) is 5.51. The minimum absolute atomic E-state index is 0.285. The monoisotopic (exact) mass is 435 g/mol. The smallest absolute Gasteiger partial charge is 0.137 e. The zero-order chi connectivity index (χ0) is 22.3. The second-order valence-corrected chi connectivity index (χ2v) is 8.86. The summed E-state index contributed by atoms with van der Waals surface area (Å²) in [4.78, 5) is 9.21. The Balaban J connectivity index is 1.45. The van der Waals surface area contributed by atoms with Crippen LogP contribution in [0, 0.1) is 0 Å². The molecule has 1 aliphatic heterocycles. The lowest BCUT2D eigenvalue weighted by molar-refractivity contribution is 0.0577. The Morgan fingerprint density at radius 3 is 2.81 bits per heavy atom. The van der Waals surface area contributed by atoms with Crippen LogP contribution in [0.1, 0.15) is 13.8 Å². The Bertz CT molecular complexity index is 1240. The molecular weight excluding hydrogens is 409 g/mol. The summed E-state index contributed by atoms with van der Waals surface area (Å²) >= 11 is 0. The number of fused-ring (bicyclic) bond motifs is 1. The van der Waals surface area contributed by atoms with Gasteiger partial charge in [0.25, 0.3) is 0 Å². The van der Waals surface area contributed by atoms with Crippen LogP contribution in [0.5, 0.6) is 0 Å². The van der Waals surface area contributed by atoms with Gasteiger partial charge in [0.15, 0.2) is 0 Å². The number of nitrogens with one attached hydrogen (secondary N) is 2. The zero-order valence-electron chi connectivity index (χ0n) is 18.0. The Hall–Kier alpha value is -3.30. The average molecular weight is 436 g/mol. The molecule has 9 heteroatoms. The van der Waals surface area contributed by atoms with Crippen molar-refractivity contribution >= 4 is 11.5 Å². The quantitative estimate of drug-likeness (QED) is 0.431. The Morgan fingerprint density at radius 2 is 2.03 bits per heavy atom. The van der Waals surface area contributed by atoms with E-state index >= 15 is 0 Å². The first kappa shape index (κ1) is 20.6. The fourth-order valence-corrected chi connectivity index (χ4v) is 3.97. The fourth-order valence-electron chi connectivity index (χ4n) is 3.97. The summed E-state index contributed by atoms with van der Waals surface area (Å²) in [6, 6.07) is 9.34. The highest BCUT2D eigenvalue weighted by molar-refractivity contribution is 5.67. The highest BCUT2D eigenvalue weighted by atomic mass is 19.1. The first-order valence-corrected chi connectivity index (χ1v) is 10.7. The van der Waals surface area contributed by atoms with Crippen LogP contribution in [-0.2, 0) is 6.54 Å². The third-order valence-electron chi connectivity index (χ3n) is 5.51. The van der Waals surface area contributed by atoms with Crippen LogP contribution in [0.4, 0.5) is 10.2 Å². The maximum atomic E-state index is 14.0. The maximum absolute atomic E-state index is 14.0. The summed E-state index contributed by atoms with van der Waals surface area (Å²) in [7, 11) is 0. The van der Waals surface area contributed by atoms with Crippen LogP contribution < -0.4 is 10.6 Å². The van der Waals surface area contributed by atoms with Gasteiger partial charge in [-0.1, -0.05) is 6.07 Å². The van der Waals surface area contributed by atoms with Gasteiger partial charge in [-0.05, 0) is 38.1 Å². The van der Waals surface area contributed by atoms with E-state index in [9.17, 15) is 9.50 Å². The van der Waals surface area contributed by atoms with Gasteiger partial charge in [-0.3, -0.25) is 9.08 Å². The van der Waals surface area contributed by atoms with Crippen molar-refractivity contribution in [3.63, 3.8) is 0 Å². The molecule has 1 saturated heterocycles. The normalized spacial score (nSPS) is 19.0. The standard InChI is InChI=1S/C23H26FN7O/c1-23(2,32)14-30-12-16(8-27-30)15-6-7-22-26-11-20(31(22)13-15)18-4-3-5-21(28-18)29-19-10-25-9-17(19)24/h3-8,11-13,17,19,25,32H,9-10,14H2,1-2H3,(H,28,29). The molecule has 0 radical (unpaired) electrons. The van der Waals surface area contributed by atoms with Gasteiger partial charge in [0.1, 0.15) is 17.6 Å². The van der Waals surface area contributed by atoms with Gasteiger partial charge in [0, 0.05) is 36.6 Å². The Kier molecular flexibility index (Phi) is 5.15. The van der Waals surface area contributed by atoms with E-state index in [1.807, 2.05) is 47.1 Å². The molecule has 3 N–H and O–H groups in total. The molecule has 8 nitrogen and oxygen atoms in total. The van der Waals surface area contributed by atoms with Gasteiger partial charge in [-0.25, -0.2) is 14.4 Å². The molecule has 2 atom stereocenters. The van der Waals surface area contributed by atoms with E-state index in [0.29, 0.717) is 25.5 Å². The molecule has 1 aliphatic rings. The van der Waals surface area contributed by atoms with Gasteiger partial charge in [0.05, 0.1) is 42.0 Å². The first-order valence-electron chi connectivity index (χ1n) is 10.7. The third kappa shape index (κ3) is 4.21. The van der Waals surface area contributed by atoms with Gasteiger partial charge in [-0.15, -0.1) is 0 Å². The summed E-state index contributed by atoms with van der Waals surface area (Å²) in [5.74, 6) is 0.637. The number of alkyl halides is 1. The molecule has 0 amide bonds. The first-order chi connectivity index (χ1) is 15.4. The maximum Gasteiger partial charge on any atom is 0.137 e. The molecule has 166 valence electrons. The van der Waals surface area contributed by atoms with Crippen molar-refractivity contribution in [1.82, 2.24) is 29.5 Å². The SMILES string of the molecule is CC(C)(O)Cn1cc(-c2ccc3ncc(-c4cccc(NC5CNCC5F)n4)n3c2)cn1. The van der Waals surface area contributed by atoms with Gasteiger partial charge in [-0.2, -0.15) is 5.10 Å². The Labute approximate surface area is 185 Å². The van der Waals surface area contributed by atoms with E-state index in [-0.39, 0.29) is 6.04 Å². The molecular formula is C23H26FN7O. The molecule has 4 aromatic rings. The summed E-state index contributed by atoms with van der Waals surface area (Å²) in [5, 5.41) is 20.6. The highest BCUT2D eigenvalue weighted by Gasteiger charge is 2.26. The number of pyridine rings is 2. The van der Waals surface area contributed by atoms with Crippen LogP contribution in [0.2, 0.25) is 0 Å². The fraction of sp³-hybridized carbons (Fsp3) is 0.348. The van der Waals surface area contributed by atoms with E-state index in [1.54, 1.807) is 30.9 Å². The number of hydrogen-bond acceptors (Lipinski definition) is 6. The Morgan fingerprint density at radius 1 is 1.16 bits per heavy atom. The van der Waals surface area contributed by atoms with Crippen LogP contribution in [0.25, 0.3) is 28.2 Å². The molecule has 2 unspecified atom stereocenters. The van der Waals surface area contributed by atoms with Crippen LogP contribution >= 0.6 is 0 Å². The lowest BCUT2D eigenvalue weighted by Gasteiger charge is -2.16. The molecule has 1 fully saturated rings. The zero-order valence-corrected chi connectivity index (χ0v) is 18.0. The van der Waals surface area contributed by atoms with Gasteiger partial charge >= 0.3 is 0 Å². The highest BCUT2D eigenvalue weighted by Crippen LogP contribution is 2.25. The summed E-state index contributed by atoms with van der Waals surface area (Å²) < 4.78 is 17.7. The van der Waals surface area contributed by atoms with Crippen molar-refractivity contribution in [3.8, 4) is 22.5 Å². The van der Waals surface area contributed by atoms with Crippen LogP contribution in [0.3, 0.4) is 0 Å². The molecule has 5 rings (SSSR count). The second kappa shape index (κ2) is 7.99. The number of rotatable bonds is 6. The average Bonchev–Trinajstić information content (AvgIpc) is 3.47. The summed E-state index contributed by atoms with van der Waals surface area (Å²) in [6.07, 6.45) is 6.56. The number of nitrogens with zero attached hydrogens (tertiary/aromatic N) is 5. The number of hydrogen-bond donors (Lipinski definition) is 3. The number of aromatic nitrogens is 5. The van der Waals surface area contributed by atoms with Crippen molar-refractivity contribution in [1.29, 1.82) is 0 Å². The van der Waals surface area contributed by atoms with Crippen LogP contribution in [-0.4, -0.2) is 60.2 Å². The van der Waals surface area contributed by atoms with Crippen molar-refractivity contribution in [2.45, 2.75) is 38.2 Å². The predicted molar refractivity (Wildman–Crippen MR) is 121 cm³/mol. The van der Waals surface area contributed by atoms with Crippen molar-refractivity contribution in [2.75, 3.05) is 18.4 Å². The van der Waals surface area contributed by atoms with E-state index in [1.165, 1.54) is 0 Å². The predicted octanol–water partition coefficient (Wildman–Crippen LogP) is 2.75. The van der Waals surface area contributed by atoms with E-state index in [2.05, 4.69) is 20.7 Å². The lowest BCUT2D eigenvalue weighted by Crippen LogP contribution is -2.29. The number of halogens is 1. The lowest BCUT2D eigenvalue weighted by atomic mass is 10.1. The van der Waals surface area contributed by atoms with Gasteiger partial charge in [0.2, 0.25) is 0 Å². The molecule has 0 aromatic carbocycles. The van der Waals surface area contributed by atoms with E-state index in [0.717, 1.165) is 28.2 Å². The largest absolute Gasteiger partial charge is 0.389 e. The number of imidazole rings is 1. The molecule has 5 heterocycles. The summed E-state index contributed by atoms with van der Waals surface area (Å²) in [6.45, 7) is 4.86. The molecule has 4 aromatic heterocycles. The van der Waals surface area contributed by atoms with Crippen LogP contribution in [0.15, 0.2) is 55.1 Å².